The van der Waals surface area contributed by atoms with Crippen LogP contribution >= 0.6 is 0 Å². The van der Waals surface area contributed by atoms with E-state index in [0.717, 1.165) is 12.1 Å². The lowest BCUT2D eigenvalue weighted by molar-refractivity contribution is -0.172. The van der Waals surface area contributed by atoms with Gasteiger partial charge in [-0.3, -0.25) is 4.79 Å². The van der Waals surface area contributed by atoms with Crippen LogP contribution in [0, 0.1) is 11.6 Å². The highest BCUT2D eigenvalue weighted by Gasteiger charge is 2.48. The Kier molecular flexibility index (Phi) is 6.44. The van der Waals surface area contributed by atoms with Crippen molar-refractivity contribution in [3.63, 3.8) is 0 Å². The summed E-state index contributed by atoms with van der Waals surface area (Å²) in [5, 5.41) is 0. The van der Waals surface area contributed by atoms with E-state index in [1.54, 1.807) is 0 Å². The zero-order valence-electron chi connectivity index (χ0n) is 13.6. The molecule has 0 amide bonds. The topological polar surface area (TPSA) is 46.2 Å². The number of carbonyl (C=O) groups excluding carboxylic acids is 1. The highest BCUT2D eigenvalue weighted by Crippen LogP contribution is 2.34. The van der Waals surface area contributed by atoms with E-state index in [9.17, 15) is 35.3 Å². The largest absolute Gasteiger partial charge is 0.450 e. The molecule has 0 aliphatic carbocycles. The summed E-state index contributed by atoms with van der Waals surface area (Å²) in [6, 6.07) is 2.49. The van der Waals surface area contributed by atoms with Crippen molar-refractivity contribution in [2.75, 3.05) is 6.67 Å². The summed E-state index contributed by atoms with van der Waals surface area (Å²) < 4.78 is 92.6. The van der Waals surface area contributed by atoms with Gasteiger partial charge in [0.05, 0.1) is 21.3 Å². The Morgan fingerprint density at radius 1 is 1.16 bits per heavy atom. The van der Waals surface area contributed by atoms with Gasteiger partial charge >= 0.3 is 6.18 Å². The van der Waals surface area contributed by atoms with Gasteiger partial charge in [0.15, 0.2) is 11.6 Å². The van der Waals surface area contributed by atoms with Crippen molar-refractivity contribution in [1.82, 2.24) is 4.72 Å². The SMILES string of the molecule is CC(C)(C)S(=O)N[C@@](CF)(CC(=O)C(F)(F)F)c1cccc(F)c1F. The number of alkyl halides is 4. The fraction of sp³-hybridized carbons (Fsp3) is 0.533. The molecule has 0 heterocycles. The molecule has 0 saturated carbocycles. The zero-order valence-corrected chi connectivity index (χ0v) is 14.5. The number of carbonyl (C=O) groups is 1. The van der Waals surface area contributed by atoms with E-state index in [4.69, 9.17) is 0 Å². The average molecular weight is 389 g/mol. The molecule has 0 aliphatic rings. The third-order valence-electron chi connectivity index (χ3n) is 3.32. The lowest BCUT2D eigenvalue weighted by atomic mass is 9.86. The molecule has 0 aromatic heterocycles. The summed E-state index contributed by atoms with van der Waals surface area (Å²) >= 11 is 0. The maximum atomic E-state index is 14.1. The quantitative estimate of drug-likeness (QED) is 0.754. The first-order chi connectivity index (χ1) is 11.2. The molecule has 1 aromatic carbocycles. The number of Topliss-reactive ketones (excluding diaryl/α,β-unsaturated/α-hetero) is 1. The molecule has 1 unspecified atom stereocenters. The maximum absolute atomic E-state index is 14.1. The smallest absolute Gasteiger partial charge is 0.289 e. The van der Waals surface area contributed by atoms with E-state index < -0.39 is 63.5 Å². The van der Waals surface area contributed by atoms with Gasteiger partial charge in [0.1, 0.15) is 6.67 Å². The molecular formula is C15H17F6NO2S. The van der Waals surface area contributed by atoms with Gasteiger partial charge in [0, 0.05) is 12.0 Å². The van der Waals surface area contributed by atoms with Crippen LogP contribution in [0.1, 0.15) is 32.8 Å². The molecule has 1 N–H and O–H groups in total. The van der Waals surface area contributed by atoms with E-state index in [-0.39, 0.29) is 0 Å². The predicted molar refractivity (Wildman–Crippen MR) is 80.7 cm³/mol. The van der Waals surface area contributed by atoms with Crippen LogP contribution in [0.5, 0.6) is 0 Å². The molecule has 10 heteroatoms. The number of hydrogen-bond donors (Lipinski definition) is 1. The van der Waals surface area contributed by atoms with Crippen LogP contribution in [-0.2, 0) is 21.3 Å². The highest BCUT2D eigenvalue weighted by molar-refractivity contribution is 7.84. The second kappa shape index (κ2) is 7.45. The molecule has 1 rings (SSSR count). The average Bonchev–Trinajstić information content (AvgIpc) is 2.47. The summed E-state index contributed by atoms with van der Waals surface area (Å²) in [5.41, 5.74) is -3.47. The molecule has 3 nitrogen and oxygen atoms in total. The Bertz CT molecular complexity index is 641. The van der Waals surface area contributed by atoms with Crippen LogP contribution in [0.15, 0.2) is 18.2 Å². The van der Waals surface area contributed by atoms with E-state index in [2.05, 4.69) is 4.72 Å². The maximum Gasteiger partial charge on any atom is 0.450 e. The minimum Gasteiger partial charge on any atom is -0.289 e. The van der Waals surface area contributed by atoms with Crippen molar-refractivity contribution in [3.05, 3.63) is 35.4 Å². The minimum absolute atomic E-state index is 0.689. The van der Waals surface area contributed by atoms with Crippen LogP contribution in [0.4, 0.5) is 26.3 Å². The van der Waals surface area contributed by atoms with E-state index in [1.807, 2.05) is 0 Å². The van der Waals surface area contributed by atoms with Crippen molar-refractivity contribution in [2.45, 2.75) is 43.7 Å². The standard InChI is InChI=1S/C15H17F6NO2S/c1-13(2,3)25(24)22-14(8-16,7-11(23)15(19,20)21)9-5-4-6-10(17)12(9)18/h4-6,22H,7-8H2,1-3H3/t14-,25?/m1/s1. The monoisotopic (exact) mass is 389 g/mol. The first-order valence-electron chi connectivity index (χ1n) is 7.05. The first kappa shape index (κ1) is 21.6. The molecule has 0 saturated heterocycles. The number of benzene rings is 1. The van der Waals surface area contributed by atoms with Crippen LogP contribution in [0.25, 0.3) is 0 Å². The molecular weight excluding hydrogens is 372 g/mol. The Morgan fingerprint density at radius 3 is 2.16 bits per heavy atom. The number of hydrogen-bond acceptors (Lipinski definition) is 2. The number of halogens is 6. The highest BCUT2D eigenvalue weighted by atomic mass is 32.2. The van der Waals surface area contributed by atoms with E-state index in [1.165, 1.54) is 20.8 Å². The summed E-state index contributed by atoms with van der Waals surface area (Å²) in [6.07, 6.45) is -6.88. The van der Waals surface area contributed by atoms with Crippen molar-refractivity contribution in [2.24, 2.45) is 0 Å². The van der Waals surface area contributed by atoms with E-state index in [0.29, 0.717) is 6.07 Å². The second-order valence-corrected chi connectivity index (χ2v) is 8.36. The molecule has 25 heavy (non-hydrogen) atoms. The van der Waals surface area contributed by atoms with Gasteiger partial charge in [-0.2, -0.15) is 13.2 Å². The molecule has 0 fully saturated rings. The molecule has 1 aromatic rings. The van der Waals surface area contributed by atoms with Gasteiger partial charge in [0.2, 0.25) is 5.78 Å². The number of rotatable bonds is 6. The Balaban J connectivity index is 3.50. The van der Waals surface area contributed by atoms with Gasteiger partial charge in [-0.15, -0.1) is 0 Å². The van der Waals surface area contributed by atoms with Gasteiger partial charge < -0.3 is 0 Å². The number of nitrogens with one attached hydrogen (secondary N) is 1. The summed E-state index contributed by atoms with van der Waals surface area (Å²) in [7, 11) is -2.16. The third-order valence-corrected chi connectivity index (χ3v) is 5.01. The third kappa shape index (κ3) is 5.04. The van der Waals surface area contributed by atoms with Crippen molar-refractivity contribution in [3.8, 4) is 0 Å². The lowest BCUT2D eigenvalue weighted by Gasteiger charge is -2.34. The van der Waals surface area contributed by atoms with Crippen LogP contribution in [-0.4, -0.2) is 27.6 Å². The van der Waals surface area contributed by atoms with Gasteiger partial charge in [0.25, 0.3) is 0 Å². The minimum atomic E-state index is -5.31. The lowest BCUT2D eigenvalue weighted by Crippen LogP contribution is -2.52. The molecule has 0 radical (unpaired) electrons. The van der Waals surface area contributed by atoms with Gasteiger partial charge in [-0.05, 0) is 26.8 Å². The summed E-state index contributed by atoms with van der Waals surface area (Å²) in [5.74, 6) is -5.40. The Labute approximate surface area is 143 Å². The molecule has 0 spiro atoms. The van der Waals surface area contributed by atoms with Crippen LogP contribution in [0.2, 0.25) is 0 Å². The van der Waals surface area contributed by atoms with Crippen molar-refractivity contribution in [1.29, 1.82) is 0 Å². The Morgan fingerprint density at radius 2 is 1.72 bits per heavy atom. The second-order valence-electron chi connectivity index (χ2n) is 6.40. The number of ketones is 1. The summed E-state index contributed by atoms with van der Waals surface area (Å²) in [4.78, 5) is 11.4. The fourth-order valence-corrected chi connectivity index (χ4v) is 2.81. The molecule has 142 valence electrons. The van der Waals surface area contributed by atoms with E-state index >= 15 is 0 Å². The molecule has 2 atom stereocenters. The van der Waals surface area contributed by atoms with Crippen molar-refractivity contribution >= 4 is 16.8 Å². The van der Waals surface area contributed by atoms with Gasteiger partial charge in [-0.1, -0.05) is 12.1 Å². The Hall–Kier alpha value is -1.42. The fourth-order valence-electron chi connectivity index (χ4n) is 1.91. The van der Waals surface area contributed by atoms with Gasteiger partial charge in [-0.25, -0.2) is 22.1 Å². The molecule has 0 bridgehead atoms. The predicted octanol–water partition coefficient (Wildman–Crippen LogP) is 3.70. The first-order valence-corrected chi connectivity index (χ1v) is 8.20. The van der Waals surface area contributed by atoms with Crippen LogP contribution in [0.3, 0.4) is 0 Å². The summed E-state index contributed by atoms with van der Waals surface area (Å²) in [6.45, 7) is 2.60. The van der Waals surface area contributed by atoms with Crippen LogP contribution < -0.4 is 4.72 Å². The van der Waals surface area contributed by atoms with Crippen molar-refractivity contribution < 1.29 is 35.3 Å². The zero-order chi connectivity index (χ0) is 19.6. The molecule has 0 aliphatic heterocycles. The normalized spacial score (nSPS) is 16.4.